The zero-order chi connectivity index (χ0) is 13.8. The van der Waals surface area contributed by atoms with Gasteiger partial charge in [0.1, 0.15) is 0 Å². The Morgan fingerprint density at radius 1 is 0.947 bits per heavy atom. The molecule has 2 rings (SSSR count). The molecule has 2 aromatic carbocycles. The molecule has 0 N–H and O–H groups in total. The summed E-state index contributed by atoms with van der Waals surface area (Å²) >= 11 is 6.19. The summed E-state index contributed by atoms with van der Waals surface area (Å²) in [6.45, 7) is 6.62. The van der Waals surface area contributed by atoms with Crippen molar-refractivity contribution in [3.05, 3.63) is 58.6 Å². The Kier molecular flexibility index (Phi) is 4.66. The molecule has 0 saturated carbocycles. The maximum atomic E-state index is 6.19. The topological polar surface area (TPSA) is 0 Å². The molecule has 0 atom stereocenters. The monoisotopic (exact) mass is 272 g/mol. The number of hydrogen-bond acceptors (Lipinski definition) is 0. The SMILES string of the molecule is CCC(CC)c1ccc(Cl)cc1-c1ccc(C)cc1. The van der Waals surface area contributed by atoms with Crippen LogP contribution in [0, 0.1) is 6.92 Å². The van der Waals surface area contributed by atoms with E-state index in [4.69, 9.17) is 11.6 Å². The van der Waals surface area contributed by atoms with Gasteiger partial charge in [-0.25, -0.2) is 0 Å². The van der Waals surface area contributed by atoms with Crippen LogP contribution in [0.5, 0.6) is 0 Å². The van der Waals surface area contributed by atoms with Crippen LogP contribution in [-0.2, 0) is 0 Å². The molecule has 0 bridgehead atoms. The third-order valence-electron chi connectivity index (χ3n) is 3.80. The average molecular weight is 273 g/mol. The molecule has 0 heterocycles. The zero-order valence-electron chi connectivity index (χ0n) is 11.9. The number of halogens is 1. The van der Waals surface area contributed by atoms with Crippen LogP contribution in [0.25, 0.3) is 11.1 Å². The molecule has 0 aromatic heterocycles. The van der Waals surface area contributed by atoms with Crippen LogP contribution in [0.4, 0.5) is 0 Å². The van der Waals surface area contributed by atoms with Crippen molar-refractivity contribution in [1.29, 1.82) is 0 Å². The molecule has 1 heteroatoms. The molecule has 0 fully saturated rings. The summed E-state index contributed by atoms with van der Waals surface area (Å²) in [6, 6.07) is 15.0. The first-order valence-corrected chi connectivity index (χ1v) is 7.40. The fourth-order valence-corrected chi connectivity index (χ4v) is 2.77. The minimum atomic E-state index is 0.605. The first kappa shape index (κ1) is 14.1. The second kappa shape index (κ2) is 6.25. The van der Waals surface area contributed by atoms with Gasteiger partial charge in [-0.15, -0.1) is 0 Å². The summed E-state index contributed by atoms with van der Waals surface area (Å²) in [7, 11) is 0. The van der Waals surface area contributed by atoms with Crippen molar-refractivity contribution in [2.45, 2.75) is 39.5 Å². The molecule has 0 saturated heterocycles. The zero-order valence-corrected chi connectivity index (χ0v) is 12.7. The van der Waals surface area contributed by atoms with Gasteiger partial charge in [0.2, 0.25) is 0 Å². The summed E-state index contributed by atoms with van der Waals surface area (Å²) in [6.07, 6.45) is 2.33. The Balaban J connectivity index is 2.53. The van der Waals surface area contributed by atoms with Gasteiger partial charge in [0.05, 0.1) is 0 Å². The first-order valence-electron chi connectivity index (χ1n) is 7.02. The van der Waals surface area contributed by atoms with Crippen LogP contribution in [-0.4, -0.2) is 0 Å². The fraction of sp³-hybridized carbons (Fsp3) is 0.333. The molecule has 0 radical (unpaired) electrons. The lowest BCUT2D eigenvalue weighted by Crippen LogP contribution is -1.98. The van der Waals surface area contributed by atoms with Gasteiger partial charge >= 0.3 is 0 Å². The Labute approximate surface area is 121 Å². The van der Waals surface area contributed by atoms with Gasteiger partial charge in [-0.05, 0) is 54.5 Å². The molecule has 0 aliphatic rings. The Morgan fingerprint density at radius 2 is 1.58 bits per heavy atom. The average Bonchev–Trinajstić information content (AvgIpc) is 2.42. The lowest BCUT2D eigenvalue weighted by Gasteiger charge is -2.18. The van der Waals surface area contributed by atoms with E-state index in [2.05, 4.69) is 57.2 Å². The van der Waals surface area contributed by atoms with E-state index in [0.29, 0.717) is 5.92 Å². The summed E-state index contributed by atoms with van der Waals surface area (Å²) in [5.41, 5.74) is 5.24. The quantitative estimate of drug-likeness (QED) is 0.620. The highest BCUT2D eigenvalue weighted by Gasteiger charge is 2.13. The molecule has 100 valence electrons. The van der Waals surface area contributed by atoms with Gasteiger partial charge in [-0.1, -0.05) is 61.3 Å². The summed E-state index contributed by atoms with van der Waals surface area (Å²) in [5.74, 6) is 0.605. The van der Waals surface area contributed by atoms with Gasteiger partial charge in [0.25, 0.3) is 0 Å². The maximum Gasteiger partial charge on any atom is 0.0412 e. The van der Waals surface area contributed by atoms with Crippen molar-refractivity contribution in [1.82, 2.24) is 0 Å². The number of benzene rings is 2. The molecule has 0 unspecified atom stereocenters. The van der Waals surface area contributed by atoms with E-state index < -0.39 is 0 Å². The third kappa shape index (κ3) is 3.19. The molecule has 0 spiro atoms. The first-order chi connectivity index (χ1) is 9.15. The highest BCUT2D eigenvalue weighted by molar-refractivity contribution is 6.30. The van der Waals surface area contributed by atoms with Crippen LogP contribution in [0.3, 0.4) is 0 Å². The predicted molar refractivity (Wildman–Crippen MR) is 84.9 cm³/mol. The van der Waals surface area contributed by atoms with E-state index >= 15 is 0 Å². The molecule has 19 heavy (non-hydrogen) atoms. The highest BCUT2D eigenvalue weighted by atomic mass is 35.5. The third-order valence-corrected chi connectivity index (χ3v) is 4.04. The number of aryl methyl sites for hydroxylation is 1. The van der Waals surface area contributed by atoms with E-state index in [1.165, 1.54) is 22.3 Å². The van der Waals surface area contributed by atoms with Crippen molar-refractivity contribution >= 4 is 11.6 Å². The van der Waals surface area contributed by atoms with Crippen LogP contribution in [0.2, 0.25) is 5.02 Å². The van der Waals surface area contributed by atoms with Crippen LogP contribution < -0.4 is 0 Å². The van der Waals surface area contributed by atoms with Gasteiger partial charge in [-0.3, -0.25) is 0 Å². The van der Waals surface area contributed by atoms with Gasteiger partial charge in [-0.2, -0.15) is 0 Å². The summed E-state index contributed by atoms with van der Waals surface area (Å²) < 4.78 is 0. The van der Waals surface area contributed by atoms with Crippen molar-refractivity contribution in [2.75, 3.05) is 0 Å². The minimum absolute atomic E-state index is 0.605. The molecule has 0 aliphatic heterocycles. The Hall–Kier alpha value is -1.27. The smallest absolute Gasteiger partial charge is 0.0412 e. The Morgan fingerprint density at radius 3 is 2.16 bits per heavy atom. The summed E-state index contributed by atoms with van der Waals surface area (Å²) in [4.78, 5) is 0. The lowest BCUT2D eigenvalue weighted by atomic mass is 9.87. The van der Waals surface area contributed by atoms with Crippen LogP contribution in [0.15, 0.2) is 42.5 Å². The molecular formula is C18H21Cl. The van der Waals surface area contributed by atoms with E-state index in [9.17, 15) is 0 Å². The number of rotatable bonds is 4. The van der Waals surface area contributed by atoms with Gasteiger partial charge < -0.3 is 0 Å². The molecule has 0 nitrogen and oxygen atoms in total. The standard InChI is InChI=1S/C18H21Cl/c1-4-14(5-2)17-11-10-16(19)12-18(17)15-8-6-13(3)7-9-15/h6-12,14H,4-5H2,1-3H3. The number of hydrogen-bond donors (Lipinski definition) is 0. The van der Waals surface area contributed by atoms with Crippen LogP contribution >= 0.6 is 11.6 Å². The normalized spacial score (nSPS) is 11.0. The second-order valence-electron chi connectivity index (χ2n) is 5.11. The maximum absolute atomic E-state index is 6.19. The molecule has 0 amide bonds. The van der Waals surface area contributed by atoms with Crippen LogP contribution in [0.1, 0.15) is 43.7 Å². The van der Waals surface area contributed by atoms with E-state index in [1.807, 2.05) is 6.07 Å². The molecule has 2 aromatic rings. The van der Waals surface area contributed by atoms with Gasteiger partial charge in [0.15, 0.2) is 0 Å². The highest BCUT2D eigenvalue weighted by Crippen LogP contribution is 2.34. The van der Waals surface area contributed by atoms with E-state index in [1.54, 1.807) is 0 Å². The van der Waals surface area contributed by atoms with Crippen molar-refractivity contribution in [3.8, 4) is 11.1 Å². The lowest BCUT2D eigenvalue weighted by molar-refractivity contribution is 0.643. The van der Waals surface area contributed by atoms with E-state index in [0.717, 1.165) is 17.9 Å². The molecule has 0 aliphatic carbocycles. The largest absolute Gasteiger partial charge is 0.0843 e. The van der Waals surface area contributed by atoms with Crippen molar-refractivity contribution in [2.24, 2.45) is 0 Å². The molecular weight excluding hydrogens is 252 g/mol. The van der Waals surface area contributed by atoms with Crippen molar-refractivity contribution in [3.63, 3.8) is 0 Å². The predicted octanol–water partition coefficient (Wildman–Crippen LogP) is 6.22. The summed E-state index contributed by atoms with van der Waals surface area (Å²) in [5, 5.41) is 0.810. The Bertz CT molecular complexity index is 536. The van der Waals surface area contributed by atoms with Gasteiger partial charge in [0, 0.05) is 5.02 Å². The second-order valence-corrected chi connectivity index (χ2v) is 5.55. The minimum Gasteiger partial charge on any atom is -0.0843 e. The van der Waals surface area contributed by atoms with Crippen molar-refractivity contribution < 1.29 is 0 Å². The fourth-order valence-electron chi connectivity index (χ4n) is 2.60. The van der Waals surface area contributed by atoms with E-state index in [-0.39, 0.29) is 0 Å².